The van der Waals surface area contributed by atoms with Crippen molar-refractivity contribution in [3.8, 4) is 11.5 Å². The summed E-state index contributed by atoms with van der Waals surface area (Å²) in [7, 11) is 3.10. The average Bonchev–Trinajstić information content (AvgIpc) is 2.73. The van der Waals surface area contributed by atoms with E-state index >= 15 is 0 Å². The number of methoxy groups -OCH3 is 2. The first-order valence-corrected chi connectivity index (χ1v) is 8.18. The molecular weight excluding hydrogens is 370 g/mol. The maximum atomic E-state index is 12.3. The predicted octanol–water partition coefficient (Wildman–Crippen LogP) is 3.91. The van der Waals surface area contributed by atoms with Crippen LogP contribution in [0.25, 0.3) is 6.08 Å². The molecule has 1 fully saturated rings. The smallest absolute Gasteiger partial charge is 0.293 e. The molecule has 1 aliphatic rings. The van der Waals surface area contributed by atoms with Gasteiger partial charge in [-0.05, 0) is 53.7 Å². The number of nitrogens with zero attached hydrogens (tertiary/aromatic N) is 1. The van der Waals surface area contributed by atoms with E-state index in [4.69, 9.17) is 9.47 Å². The normalized spacial score (nSPS) is 16.8. The fourth-order valence-corrected chi connectivity index (χ4v) is 3.54. The molecule has 22 heavy (non-hydrogen) atoms. The van der Waals surface area contributed by atoms with Crippen LogP contribution in [0, 0.1) is 0 Å². The molecule has 1 aliphatic heterocycles. The predicted molar refractivity (Wildman–Crippen MR) is 90.2 cm³/mol. The molecule has 5 nitrogen and oxygen atoms in total. The highest BCUT2D eigenvalue weighted by molar-refractivity contribution is 9.10. The van der Waals surface area contributed by atoms with E-state index in [0.717, 1.165) is 16.2 Å². The Balaban J connectivity index is 2.44. The number of ether oxygens (including phenoxy) is 2. The molecule has 1 aromatic rings. The summed E-state index contributed by atoms with van der Waals surface area (Å²) in [6.45, 7) is 3.62. The molecule has 2 amide bonds. The third-order valence-electron chi connectivity index (χ3n) is 3.13. The molecule has 0 N–H and O–H groups in total. The van der Waals surface area contributed by atoms with Gasteiger partial charge in [0, 0.05) is 17.7 Å². The lowest BCUT2D eigenvalue weighted by Crippen LogP contribution is -2.34. The van der Waals surface area contributed by atoms with E-state index in [1.165, 1.54) is 4.90 Å². The van der Waals surface area contributed by atoms with Crippen LogP contribution in [0.3, 0.4) is 0 Å². The highest BCUT2D eigenvalue weighted by Gasteiger charge is 2.36. The van der Waals surface area contributed by atoms with Crippen LogP contribution in [0.15, 0.2) is 21.5 Å². The Kier molecular flexibility index (Phi) is 5.18. The van der Waals surface area contributed by atoms with Gasteiger partial charge in [0.15, 0.2) is 0 Å². The second-order valence-corrected chi connectivity index (χ2v) is 6.72. The van der Waals surface area contributed by atoms with E-state index in [-0.39, 0.29) is 17.2 Å². The molecule has 0 radical (unpaired) electrons. The van der Waals surface area contributed by atoms with Gasteiger partial charge in [-0.25, -0.2) is 0 Å². The Bertz CT molecular complexity index is 657. The molecule has 1 aromatic carbocycles. The number of amides is 2. The minimum atomic E-state index is -0.279. The Morgan fingerprint density at radius 1 is 1.18 bits per heavy atom. The topological polar surface area (TPSA) is 55.8 Å². The number of thioether (sulfide) groups is 1. The average molecular weight is 386 g/mol. The van der Waals surface area contributed by atoms with Gasteiger partial charge >= 0.3 is 0 Å². The summed E-state index contributed by atoms with van der Waals surface area (Å²) in [5.41, 5.74) is 0.699. The Morgan fingerprint density at radius 2 is 1.82 bits per heavy atom. The summed E-state index contributed by atoms with van der Waals surface area (Å²) in [6.07, 6.45) is 1.66. The largest absolute Gasteiger partial charge is 0.496 e. The van der Waals surface area contributed by atoms with E-state index in [1.54, 1.807) is 32.4 Å². The molecule has 0 spiro atoms. The van der Waals surface area contributed by atoms with E-state index < -0.39 is 0 Å². The van der Waals surface area contributed by atoms with E-state index in [0.29, 0.717) is 22.0 Å². The molecule has 1 heterocycles. The van der Waals surface area contributed by atoms with Crippen LogP contribution >= 0.6 is 27.7 Å². The quantitative estimate of drug-likeness (QED) is 0.735. The lowest BCUT2D eigenvalue weighted by atomic mass is 10.1. The lowest BCUT2D eigenvalue weighted by Gasteiger charge is -2.16. The number of benzene rings is 1. The van der Waals surface area contributed by atoms with Gasteiger partial charge in [-0.3, -0.25) is 14.5 Å². The summed E-state index contributed by atoms with van der Waals surface area (Å²) in [4.78, 5) is 25.9. The summed E-state index contributed by atoms with van der Waals surface area (Å²) in [5, 5.41) is -0.252. The van der Waals surface area contributed by atoms with Gasteiger partial charge in [0.25, 0.3) is 11.1 Å². The number of halogens is 1. The molecule has 0 saturated carbocycles. The molecule has 7 heteroatoms. The van der Waals surface area contributed by atoms with Crippen LogP contribution in [-0.2, 0) is 4.79 Å². The summed E-state index contributed by atoms with van der Waals surface area (Å²) < 4.78 is 11.3. The van der Waals surface area contributed by atoms with E-state index in [9.17, 15) is 9.59 Å². The third-order valence-corrected chi connectivity index (χ3v) is 4.63. The molecule has 1 saturated heterocycles. The molecular formula is C15H16BrNO4S. The van der Waals surface area contributed by atoms with E-state index in [2.05, 4.69) is 15.9 Å². The molecule has 0 aliphatic carbocycles. The number of hydrogen-bond acceptors (Lipinski definition) is 5. The Labute approximate surface area is 141 Å². The first-order chi connectivity index (χ1) is 10.4. The van der Waals surface area contributed by atoms with E-state index in [1.807, 2.05) is 13.8 Å². The van der Waals surface area contributed by atoms with Gasteiger partial charge in [0.1, 0.15) is 11.5 Å². The number of rotatable bonds is 4. The highest BCUT2D eigenvalue weighted by atomic mass is 79.9. The number of carbonyl (C=O) groups excluding carboxylic acids is 2. The standard InChI is InChI=1S/C15H16BrNO4S/c1-8(2)17-14(18)13(22-15(17)19)6-9-5-10(16)12(21-4)7-11(9)20-3/h5-8H,1-4H3/b13-6-. The van der Waals surface area contributed by atoms with Crippen LogP contribution in [0.2, 0.25) is 0 Å². The molecule has 0 bridgehead atoms. The van der Waals surface area contributed by atoms with Crippen LogP contribution < -0.4 is 9.47 Å². The minimum absolute atomic E-state index is 0.164. The highest BCUT2D eigenvalue weighted by Crippen LogP contribution is 2.38. The second-order valence-electron chi connectivity index (χ2n) is 4.87. The first-order valence-electron chi connectivity index (χ1n) is 6.57. The molecule has 2 rings (SSSR count). The van der Waals surface area contributed by atoms with Crippen molar-refractivity contribution >= 4 is 44.9 Å². The van der Waals surface area contributed by atoms with Crippen molar-refractivity contribution in [2.24, 2.45) is 0 Å². The fourth-order valence-electron chi connectivity index (χ4n) is 2.06. The monoisotopic (exact) mass is 385 g/mol. The van der Waals surface area contributed by atoms with Crippen LogP contribution in [0.1, 0.15) is 19.4 Å². The van der Waals surface area contributed by atoms with Crippen molar-refractivity contribution in [2.45, 2.75) is 19.9 Å². The Hall–Kier alpha value is -1.47. The van der Waals surface area contributed by atoms with Gasteiger partial charge in [0.2, 0.25) is 0 Å². The zero-order chi connectivity index (χ0) is 16.4. The van der Waals surface area contributed by atoms with Gasteiger partial charge in [0.05, 0.1) is 23.6 Å². The van der Waals surface area contributed by atoms with Crippen molar-refractivity contribution in [1.82, 2.24) is 4.90 Å². The SMILES string of the molecule is COc1cc(OC)c(/C=C2\SC(=O)N(C(C)C)C2=O)cc1Br. The summed E-state index contributed by atoms with van der Waals surface area (Å²) in [5.74, 6) is 0.916. The molecule has 118 valence electrons. The number of hydrogen-bond donors (Lipinski definition) is 0. The zero-order valence-electron chi connectivity index (χ0n) is 12.7. The van der Waals surface area contributed by atoms with Gasteiger partial charge in [-0.15, -0.1) is 0 Å². The number of imide groups is 1. The molecule has 0 atom stereocenters. The zero-order valence-corrected chi connectivity index (χ0v) is 15.1. The third kappa shape index (κ3) is 3.15. The maximum absolute atomic E-state index is 12.3. The van der Waals surface area contributed by atoms with Gasteiger partial charge in [-0.2, -0.15) is 0 Å². The maximum Gasteiger partial charge on any atom is 0.293 e. The first kappa shape index (κ1) is 16.9. The van der Waals surface area contributed by atoms with Crippen LogP contribution in [0.5, 0.6) is 11.5 Å². The van der Waals surface area contributed by atoms with Crippen molar-refractivity contribution < 1.29 is 19.1 Å². The van der Waals surface area contributed by atoms with Crippen LogP contribution in [0.4, 0.5) is 4.79 Å². The molecule has 0 unspecified atom stereocenters. The Morgan fingerprint density at radius 3 is 2.32 bits per heavy atom. The summed E-state index contributed by atoms with van der Waals surface area (Å²) >= 11 is 4.34. The molecule has 0 aromatic heterocycles. The van der Waals surface area contributed by atoms with Gasteiger partial charge < -0.3 is 9.47 Å². The minimum Gasteiger partial charge on any atom is -0.496 e. The van der Waals surface area contributed by atoms with Crippen molar-refractivity contribution in [3.05, 3.63) is 27.1 Å². The van der Waals surface area contributed by atoms with Crippen molar-refractivity contribution in [3.63, 3.8) is 0 Å². The van der Waals surface area contributed by atoms with Gasteiger partial charge in [-0.1, -0.05) is 0 Å². The lowest BCUT2D eigenvalue weighted by molar-refractivity contribution is -0.123. The van der Waals surface area contributed by atoms with Crippen molar-refractivity contribution in [1.29, 1.82) is 0 Å². The van der Waals surface area contributed by atoms with Crippen molar-refractivity contribution in [2.75, 3.05) is 14.2 Å². The second kappa shape index (κ2) is 6.75. The van der Waals surface area contributed by atoms with Crippen LogP contribution in [-0.4, -0.2) is 36.3 Å². The fraction of sp³-hybridized carbons (Fsp3) is 0.333. The number of carbonyl (C=O) groups is 2. The summed E-state index contributed by atoms with van der Waals surface area (Å²) in [6, 6.07) is 3.35.